The Hall–Kier alpha value is -2.60. The Morgan fingerprint density at radius 1 is 1.00 bits per heavy atom. The highest BCUT2D eigenvalue weighted by atomic mass is 35.5. The van der Waals surface area contributed by atoms with E-state index in [0.717, 1.165) is 5.56 Å². The van der Waals surface area contributed by atoms with Crippen LogP contribution in [0.4, 0.5) is 0 Å². The van der Waals surface area contributed by atoms with Gasteiger partial charge in [0.05, 0.1) is 10.6 Å². The van der Waals surface area contributed by atoms with E-state index in [2.05, 4.69) is 0 Å². The second-order valence-electron chi connectivity index (χ2n) is 5.25. The molecule has 0 amide bonds. The number of esters is 1. The van der Waals surface area contributed by atoms with Gasteiger partial charge in [-0.05, 0) is 35.9 Å². The van der Waals surface area contributed by atoms with Crippen LogP contribution in [-0.2, 0) is 11.3 Å². The highest BCUT2D eigenvalue weighted by Gasteiger charge is 2.19. The Labute approximate surface area is 142 Å². The van der Waals surface area contributed by atoms with Crippen LogP contribution in [0.2, 0.25) is 5.02 Å². The summed E-state index contributed by atoms with van der Waals surface area (Å²) in [4.78, 5) is 12.2. The molecule has 0 saturated carbocycles. The van der Waals surface area contributed by atoms with Crippen molar-refractivity contribution in [2.45, 2.75) is 6.61 Å². The van der Waals surface area contributed by atoms with Crippen molar-refractivity contribution in [3.63, 3.8) is 0 Å². The summed E-state index contributed by atoms with van der Waals surface area (Å²) in [6, 6.07) is 8.36. The zero-order valence-electron chi connectivity index (χ0n) is 12.5. The van der Waals surface area contributed by atoms with Crippen molar-refractivity contribution in [1.29, 1.82) is 0 Å². The van der Waals surface area contributed by atoms with Gasteiger partial charge in [-0.1, -0.05) is 11.6 Å². The van der Waals surface area contributed by atoms with E-state index in [-0.39, 0.29) is 13.4 Å². The van der Waals surface area contributed by atoms with Gasteiger partial charge in [-0.3, -0.25) is 0 Å². The predicted octanol–water partition coefficient (Wildman–Crippen LogP) is 3.20. The van der Waals surface area contributed by atoms with E-state index in [1.54, 1.807) is 30.3 Å². The quantitative estimate of drug-likeness (QED) is 0.794. The van der Waals surface area contributed by atoms with Crippen LogP contribution in [0.25, 0.3) is 0 Å². The molecule has 0 unspecified atom stereocenters. The Morgan fingerprint density at radius 3 is 2.75 bits per heavy atom. The molecule has 6 nitrogen and oxygen atoms in total. The molecule has 2 aliphatic heterocycles. The maximum absolute atomic E-state index is 12.2. The normalized spacial score (nSPS) is 14.4. The van der Waals surface area contributed by atoms with Crippen LogP contribution in [0.5, 0.6) is 23.0 Å². The van der Waals surface area contributed by atoms with Gasteiger partial charge >= 0.3 is 5.97 Å². The molecule has 7 heteroatoms. The predicted molar refractivity (Wildman–Crippen MR) is 84.1 cm³/mol. The molecule has 2 heterocycles. The topological polar surface area (TPSA) is 63.2 Å². The van der Waals surface area contributed by atoms with Crippen molar-refractivity contribution in [3.05, 3.63) is 46.5 Å². The van der Waals surface area contributed by atoms with E-state index < -0.39 is 5.97 Å². The van der Waals surface area contributed by atoms with E-state index >= 15 is 0 Å². The first-order valence-electron chi connectivity index (χ1n) is 7.35. The molecule has 0 saturated heterocycles. The molecule has 2 aliphatic rings. The highest BCUT2D eigenvalue weighted by Crippen LogP contribution is 2.38. The van der Waals surface area contributed by atoms with E-state index in [4.69, 9.17) is 35.3 Å². The Kier molecular flexibility index (Phi) is 3.82. The summed E-state index contributed by atoms with van der Waals surface area (Å²) in [7, 11) is 0. The standard InChI is InChI=1S/C17H13ClO6/c18-12-5-10(6-15-16(12)21-4-3-20-15)8-22-17(19)11-1-2-13-14(7-11)24-9-23-13/h1-2,5-7H,3-4,8-9H2. The average molecular weight is 349 g/mol. The lowest BCUT2D eigenvalue weighted by Gasteiger charge is -2.20. The number of hydrogen-bond donors (Lipinski definition) is 0. The van der Waals surface area contributed by atoms with Gasteiger partial charge in [0.25, 0.3) is 0 Å². The number of rotatable bonds is 3. The van der Waals surface area contributed by atoms with Crippen LogP contribution in [0.1, 0.15) is 15.9 Å². The van der Waals surface area contributed by atoms with Gasteiger partial charge in [0.15, 0.2) is 23.0 Å². The SMILES string of the molecule is O=C(OCc1cc(Cl)c2c(c1)OCCO2)c1ccc2c(c1)OCO2. The second kappa shape index (κ2) is 6.13. The molecule has 0 fully saturated rings. The van der Waals surface area contributed by atoms with Crippen LogP contribution >= 0.6 is 11.6 Å². The van der Waals surface area contributed by atoms with Crippen LogP contribution in [0.3, 0.4) is 0 Å². The molecule has 0 N–H and O–H groups in total. The summed E-state index contributed by atoms with van der Waals surface area (Å²) in [5.41, 5.74) is 1.11. The van der Waals surface area contributed by atoms with Crippen LogP contribution in [-0.4, -0.2) is 26.0 Å². The lowest BCUT2D eigenvalue weighted by Crippen LogP contribution is -2.16. The fourth-order valence-corrected chi connectivity index (χ4v) is 2.79. The van der Waals surface area contributed by atoms with Gasteiger partial charge in [0, 0.05) is 0 Å². The number of halogens is 1. The molecule has 24 heavy (non-hydrogen) atoms. The molecular weight excluding hydrogens is 336 g/mol. The average Bonchev–Trinajstić information content (AvgIpc) is 3.07. The van der Waals surface area contributed by atoms with E-state index in [9.17, 15) is 4.79 Å². The van der Waals surface area contributed by atoms with Gasteiger partial charge in [-0.15, -0.1) is 0 Å². The van der Waals surface area contributed by atoms with Crippen molar-refractivity contribution >= 4 is 17.6 Å². The number of hydrogen-bond acceptors (Lipinski definition) is 6. The second-order valence-corrected chi connectivity index (χ2v) is 5.65. The van der Waals surface area contributed by atoms with Crippen molar-refractivity contribution in [2.75, 3.05) is 20.0 Å². The monoisotopic (exact) mass is 348 g/mol. The minimum absolute atomic E-state index is 0.0731. The van der Waals surface area contributed by atoms with Gasteiger partial charge in [0.1, 0.15) is 19.8 Å². The first kappa shape index (κ1) is 15.0. The zero-order chi connectivity index (χ0) is 16.5. The molecule has 2 aromatic carbocycles. The van der Waals surface area contributed by atoms with E-state index in [0.29, 0.717) is 46.8 Å². The van der Waals surface area contributed by atoms with Crippen LogP contribution in [0, 0.1) is 0 Å². The molecule has 124 valence electrons. The molecule has 0 atom stereocenters. The third kappa shape index (κ3) is 2.80. The number of ether oxygens (including phenoxy) is 5. The third-order valence-corrected chi connectivity index (χ3v) is 3.92. The molecule has 0 spiro atoms. The number of carbonyl (C=O) groups is 1. The van der Waals surface area contributed by atoms with E-state index in [1.165, 1.54) is 0 Å². The Morgan fingerprint density at radius 2 is 1.83 bits per heavy atom. The summed E-state index contributed by atoms with van der Waals surface area (Å²) in [5, 5.41) is 0.432. The van der Waals surface area contributed by atoms with Gasteiger partial charge in [-0.25, -0.2) is 4.79 Å². The zero-order valence-corrected chi connectivity index (χ0v) is 13.3. The summed E-state index contributed by atoms with van der Waals surface area (Å²) in [6.45, 7) is 1.15. The molecular formula is C17H13ClO6. The summed E-state index contributed by atoms with van der Waals surface area (Å²) in [6.07, 6.45) is 0. The fraction of sp³-hybridized carbons (Fsp3) is 0.235. The Balaban J connectivity index is 1.47. The van der Waals surface area contributed by atoms with E-state index in [1.807, 2.05) is 0 Å². The van der Waals surface area contributed by atoms with Crippen LogP contribution in [0.15, 0.2) is 30.3 Å². The lowest BCUT2D eigenvalue weighted by atomic mass is 10.2. The molecule has 0 aromatic heterocycles. The molecule has 0 bridgehead atoms. The summed E-state index contributed by atoms with van der Waals surface area (Å²) >= 11 is 6.17. The van der Waals surface area contributed by atoms with Gasteiger partial charge < -0.3 is 23.7 Å². The maximum atomic E-state index is 12.2. The first-order valence-corrected chi connectivity index (χ1v) is 7.73. The van der Waals surface area contributed by atoms with Crippen molar-refractivity contribution in [2.24, 2.45) is 0 Å². The minimum Gasteiger partial charge on any atom is -0.486 e. The smallest absolute Gasteiger partial charge is 0.338 e. The number of fused-ring (bicyclic) bond motifs is 2. The van der Waals surface area contributed by atoms with Crippen molar-refractivity contribution < 1.29 is 28.5 Å². The number of carbonyl (C=O) groups excluding carboxylic acids is 1. The molecule has 2 aromatic rings. The third-order valence-electron chi connectivity index (χ3n) is 3.63. The molecule has 0 radical (unpaired) electrons. The summed E-state index contributed by atoms with van der Waals surface area (Å²) < 4.78 is 26.8. The molecule has 4 rings (SSSR count). The van der Waals surface area contributed by atoms with Gasteiger partial charge in [0.2, 0.25) is 6.79 Å². The van der Waals surface area contributed by atoms with Crippen LogP contribution < -0.4 is 18.9 Å². The van der Waals surface area contributed by atoms with Crippen molar-refractivity contribution in [1.82, 2.24) is 0 Å². The fourth-order valence-electron chi connectivity index (χ4n) is 2.50. The maximum Gasteiger partial charge on any atom is 0.338 e. The largest absolute Gasteiger partial charge is 0.486 e. The first-order chi connectivity index (χ1) is 11.7. The highest BCUT2D eigenvalue weighted by molar-refractivity contribution is 6.32. The van der Waals surface area contributed by atoms with Gasteiger partial charge in [-0.2, -0.15) is 0 Å². The number of benzene rings is 2. The molecule has 0 aliphatic carbocycles. The lowest BCUT2D eigenvalue weighted by molar-refractivity contribution is 0.0471. The minimum atomic E-state index is -0.459. The Bertz CT molecular complexity index is 804. The summed E-state index contributed by atoms with van der Waals surface area (Å²) in [5.74, 6) is 1.77. The van der Waals surface area contributed by atoms with Crippen molar-refractivity contribution in [3.8, 4) is 23.0 Å².